The van der Waals surface area contributed by atoms with Crippen molar-refractivity contribution >= 4 is 48.7 Å². The van der Waals surface area contributed by atoms with E-state index in [0.29, 0.717) is 6.42 Å². The van der Waals surface area contributed by atoms with Crippen LogP contribution >= 0.6 is 0 Å². The maximum atomic E-state index is 14.2. The Morgan fingerprint density at radius 2 is 1.46 bits per heavy atom. The molecule has 17 heteroatoms. The van der Waals surface area contributed by atoms with Crippen LogP contribution in [0.5, 0.6) is 5.75 Å². The molecule has 0 N–H and O–H groups in total. The smallest absolute Gasteiger partial charge is 0.457 e. The highest BCUT2D eigenvalue weighted by Gasteiger charge is 2.51. The topological polar surface area (TPSA) is 171 Å². The lowest BCUT2D eigenvalue weighted by Crippen LogP contribution is -2.47. The van der Waals surface area contributed by atoms with Crippen molar-refractivity contribution in [3.8, 4) is 5.75 Å². The number of nitro benzene ring substituents is 1. The van der Waals surface area contributed by atoms with Crippen LogP contribution in [0.3, 0.4) is 0 Å². The van der Waals surface area contributed by atoms with E-state index in [1.807, 2.05) is 32.1 Å². The number of nitro groups is 1. The monoisotopic (exact) mass is 1060 g/mol. The first-order valence-corrected chi connectivity index (χ1v) is 34.8. The minimum absolute atomic E-state index is 0.0297. The molecule has 0 saturated carbocycles. The number of benzene rings is 1. The number of cyclic esters (lactones) is 1. The van der Waals surface area contributed by atoms with Gasteiger partial charge < -0.3 is 37.0 Å². The molecule has 0 spiro atoms. The summed E-state index contributed by atoms with van der Waals surface area (Å²) in [4.78, 5) is 51.3. The maximum absolute atomic E-state index is 14.2. The summed E-state index contributed by atoms with van der Waals surface area (Å²) in [5, 5.41) is 11.3. The quantitative estimate of drug-likeness (QED) is 0.00939. The highest BCUT2D eigenvalue weighted by molar-refractivity contribution is 6.74. The average Bonchev–Trinajstić information content (AvgIpc) is 4.12. The SMILES string of the molecule is CCC(O[Si](CC)(CC)CC)C(C)C1OC1CC(C)(/C=C/C=C(\C)C1OC(=O)CC(O[Si](CC)(CC)CC)CCC(C)(OC(=O)Oc2ccc([N+](=O)[O-])cc2)C(OC(C)=O)/C=C/C1C)O[Si](CC)(CC)CC. The van der Waals surface area contributed by atoms with Crippen LogP contribution in [0.15, 0.2) is 60.2 Å². The van der Waals surface area contributed by atoms with Crippen molar-refractivity contribution in [1.82, 2.24) is 0 Å². The third-order valence-corrected chi connectivity index (χ3v) is 30.3. The number of rotatable bonds is 27. The Labute approximate surface area is 436 Å². The van der Waals surface area contributed by atoms with Crippen molar-refractivity contribution in [2.75, 3.05) is 0 Å². The van der Waals surface area contributed by atoms with Crippen LogP contribution in [0, 0.1) is 22.0 Å². The molecule has 0 aromatic heterocycles. The highest BCUT2D eigenvalue weighted by atomic mass is 28.4. The zero-order valence-electron chi connectivity index (χ0n) is 47.0. The van der Waals surface area contributed by atoms with Gasteiger partial charge in [0.15, 0.2) is 36.7 Å². The summed E-state index contributed by atoms with van der Waals surface area (Å²) in [6.07, 6.45) is 8.42. The van der Waals surface area contributed by atoms with Crippen LogP contribution in [0.4, 0.5) is 10.5 Å². The van der Waals surface area contributed by atoms with Gasteiger partial charge in [0.2, 0.25) is 0 Å². The summed E-state index contributed by atoms with van der Waals surface area (Å²) < 4.78 is 51.8. The molecule has 1 saturated heterocycles. The maximum Gasteiger partial charge on any atom is 0.514 e. The van der Waals surface area contributed by atoms with E-state index in [0.717, 1.165) is 66.4 Å². The van der Waals surface area contributed by atoms with Crippen molar-refractivity contribution in [1.29, 1.82) is 0 Å². The number of ether oxygens (including phenoxy) is 5. The van der Waals surface area contributed by atoms with Gasteiger partial charge in [-0.1, -0.05) is 107 Å². The van der Waals surface area contributed by atoms with E-state index in [1.54, 1.807) is 13.0 Å². The third kappa shape index (κ3) is 17.6. The average molecular weight is 1060 g/mol. The lowest BCUT2D eigenvalue weighted by atomic mass is 9.88. The van der Waals surface area contributed by atoms with Gasteiger partial charge >= 0.3 is 18.1 Å². The Morgan fingerprint density at radius 1 is 0.889 bits per heavy atom. The molecular formula is C55H93NO13Si3. The fourth-order valence-corrected chi connectivity index (χ4v) is 19.5. The molecule has 3 rings (SSSR count). The van der Waals surface area contributed by atoms with E-state index in [1.165, 1.54) is 31.2 Å². The summed E-state index contributed by atoms with van der Waals surface area (Å²) in [6, 6.07) is 13.9. The zero-order chi connectivity index (χ0) is 54.1. The summed E-state index contributed by atoms with van der Waals surface area (Å²) in [5.74, 6) is -1.16. The molecule has 0 amide bonds. The lowest BCUT2D eigenvalue weighted by Gasteiger charge is -2.39. The summed E-state index contributed by atoms with van der Waals surface area (Å²) >= 11 is 0. The van der Waals surface area contributed by atoms with Gasteiger partial charge in [0.1, 0.15) is 11.9 Å². The molecule has 2 heterocycles. The van der Waals surface area contributed by atoms with Crippen LogP contribution < -0.4 is 4.74 Å². The molecular weight excluding hydrogens is 967 g/mol. The Balaban J connectivity index is 2.07. The summed E-state index contributed by atoms with van der Waals surface area (Å²) in [6.45, 7) is 33.4. The number of esters is 2. The molecule has 1 aromatic carbocycles. The standard InChI is InChI=1S/C55H93NO13Si3/c1-17-47(68-71(21-5,22-6)23-7)42(13)52-48(64-52)39-54(15,69-72(24-8,25-9)26-10)36-27-28-40(11)51-41(12)29-34-49(62-43(14)57)55(16,66-53(59)63-45-32-30-44(31-33-45)56(60)61)37-35-46(38-50(58)65-51)67-70(18-2,19-3)20-4/h27-34,36,41-42,46-49,51-52H,17-26,35,37-39H2,1-16H3/b34-29+,36-27+,40-28+. The number of non-ortho nitro benzene ring substituents is 1. The first kappa shape index (κ1) is 62.8. The van der Waals surface area contributed by atoms with Crippen molar-refractivity contribution in [2.45, 2.75) is 245 Å². The van der Waals surface area contributed by atoms with Crippen molar-refractivity contribution in [3.63, 3.8) is 0 Å². The fourth-order valence-electron chi connectivity index (χ4n) is 10.5. The van der Waals surface area contributed by atoms with Gasteiger partial charge in [0.25, 0.3) is 5.69 Å². The minimum Gasteiger partial charge on any atom is -0.457 e. The highest BCUT2D eigenvalue weighted by Crippen LogP contribution is 2.43. The molecule has 0 bridgehead atoms. The number of carbonyl (C=O) groups is 3. The van der Waals surface area contributed by atoms with E-state index >= 15 is 0 Å². The van der Waals surface area contributed by atoms with E-state index in [4.69, 9.17) is 37.0 Å². The number of allylic oxidation sites excluding steroid dienone is 2. The van der Waals surface area contributed by atoms with Crippen molar-refractivity contribution in [3.05, 3.63) is 70.3 Å². The van der Waals surface area contributed by atoms with Gasteiger partial charge in [-0.25, -0.2) is 4.79 Å². The molecule has 10 unspecified atom stereocenters. The van der Waals surface area contributed by atoms with Crippen LogP contribution in [-0.4, -0.2) is 95.8 Å². The zero-order valence-corrected chi connectivity index (χ0v) is 50.0. The normalized spacial score (nSPS) is 25.8. The van der Waals surface area contributed by atoms with Gasteiger partial charge in [-0.05, 0) is 118 Å². The predicted molar refractivity (Wildman–Crippen MR) is 293 cm³/mol. The molecule has 0 aliphatic carbocycles. The second-order valence-corrected chi connectivity index (χ2v) is 35.0. The minimum atomic E-state index is -2.30. The van der Waals surface area contributed by atoms with E-state index in [-0.39, 0.29) is 54.9 Å². The van der Waals surface area contributed by atoms with Crippen LogP contribution in [0.1, 0.15) is 143 Å². The molecule has 0 radical (unpaired) electrons. The van der Waals surface area contributed by atoms with Crippen LogP contribution in [-0.2, 0) is 41.8 Å². The number of hydrogen-bond acceptors (Lipinski definition) is 13. The molecule has 2 aliphatic rings. The number of nitrogens with zero attached hydrogens (tertiary/aromatic N) is 1. The van der Waals surface area contributed by atoms with E-state index in [2.05, 4.69) is 89.2 Å². The third-order valence-electron chi connectivity index (χ3n) is 16.2. The second kappa shape index (κ2) is 28.4. The van der Waals surface area contributed by atoms with Gasteiger partial charge in [-0.15, -0.1) is 0 Å². The number of carbonyl (C=O) groups excluding carboxylic acids is 3. The lowest BCUT2D eigenvalue weighted by molar-refractivity contribution is -0.384. The molecule has 10 atom stereocenters. The van der Waals surface area contributed by atoms with Crippen LogP contribution in [0.25, 0.3) is 0 Å². The first-order chi connectivity index (χ1) is 34.0. The number of hydrogen-bond donors (Lipinski definition) is 0. The fraction of sp³-hybridized carbons (Fsp3) is 0.727. The number of epoxide rings is 1. The Bertz CT molecular complexity index is 1960. The van der Waals surface area contributed by atoms with Gasteiger partial charge in [-0.3, -0.25) is 19.7 Å². The van der Waals surface area contributed by atoms with E-state index < -0.39 is 83.4 Å². The molecule has 14 nitrogen and oxygen atoms in total. The molecule has 72 heavy (non-hydrogen) atoms. The molecule has 408 valence electrons. The Kier molecular flexibility index (Phi) is 24.8. The Morgan fingerprint density at radius 3 is 1.97 bits per heavy atom. The first-order valence-electron chi connectivity index (χ1n) is 27.2. The van der Waals surface area contributed by atoms with Crippen LogP contribution in [0.2, 0.25) is 54.4 Å². The van der Waals surface area contributed by atoms with Gasteiger partial charge in [0, 0.05) is 43.4 Å². The predicted octanol–water partition coefficient (Wildman–Crippen LogP) is 14.4. The summed E-state index contributed by atoms with van der Waals surface area (Å²) in [7, 11) is -6.22. The Hall–Kier alpha value is -3.46. The summed E-state index contributed by atoms with van der Waals surface area (Å²) in [5.41, 5.74) is -1.50. The second-order valence-electron chi connectivity index (χ2n) is 20.9. The molecule has 2 aliphatic heterocycles. The van der Waals surface area contributed by atoms with E-state index in [9.17, 15) is 24.5 Å². The molecule has 1 fully saturated rings. The van der Waals surface area contributed by atoms with Gasteiger partial charge in [0.05, 0.1) is 35.3 Å². The van der Waals surface area contributed by atoms with Gasteiger partial charge in [-0.2, -0.15) is 0 Å². The van der Waals surface area contributed by atoms with Crippen molar-refractivity contribution in [2.24, 2.45) is 11.8 Å². The van der Waals surface area contributed by atoms with Crippen molar-refractivity contribution < 1.29 is 56.3 Å². The molecule has 1 aromatic rings. The largest absolute Gasteiger partial charge is 0.514 e.